The van der Waals surface area contributed by atoms with Crippen LogP contribution in [0.5, 0.6) is 0 Å². The van der Waals surface area contributed by atoms with Crippen molar-refractivity contribution < 1.29 is 9.59 Å². The van der Waals surface area contributed by atoms with E-state index in [1.165, 1.54) is 0 Å². The van der Waals surface area contributed by atoms with E-state index in [1.807, 2.05) is 24.3 Å². The summed E-state index contributed by atoms with van der Waals surface area (Å²) < 4.78 is 0. The van der Waals surface area contributed by atoms with Crippen LogP contribution in [0.2, 0.25) is 5.02 Å². The van der Waals surface area contributed by atoms with Crippen molar-refractivity contribution in [2.75, 3.05) is 13.1 Å². The molecule has 7 heteroatoms. The topological polar surface area (TPSA) is 92.1 Å². The second-order valence-electron chi connectivity index (χ2n) is 7.47. The van der Waals surface area contributed by atoms with E-state index in [4.69, 9.17) is 22.3 Å². The monoisotopic (exact) mass is 422 g/mol. The van der Waals surface area contributed by atoms with Gasteiger partial charge >= 0.3 is 0 Å². The van der Waals surface area contributed by atoms with E-state index in [9.17, 15) is 9.59 Å². The number of halogens is 1. The van der Waals surface area contributed by atoms with Crippen molar-refractivity contribution in [2.24, 2.45) is 5.73 Å². The van der Waals surface area contributed by atoms with Gasteiger partial charge in [-0.15, -0.1) is 0 Å². The van der Waals surface area contributed by atoms with Gasteiger partial charge in [0, 0.05) is 35.2 Å². The Kier molecular flexibility index (Phi) is 5.59. The number of aromatic amines is 1. The van der Waals surface area contributed by atoms with Crippen LogP contribution in [0.3, 0.4) is 0 Å². The lowest BCUT2D eigenvalue weighted by Gasteiger charge is -2.20. The van der Waals surface area contributed by atoms with E-state index in [1.54, 1.807) is 29.2 Å². The summed E-state index contributed by atoms with van der Waals surface area (Å²) in [6.45, 7) is 3.25. The normalized spacial score (nSPS) is 14.4. The fraction of sp³-hybridized carbons (Fsp3) is 0.261. The van der Waals surface area contributed by atoms with Crippen molar-refractivity contribution >= 4 is 34.4 Å². The molecule has 3 aromatic rings. The number of benzene rings is 2. The maximum Gasteiger partial charge on any atom is 0.254 e. The Balaban J connectivity index is 1.80. The summed E-state index contributed by atoms with van der Waals surface area (Å²) in [7, 11) is 0. The Morgan fingerprint density at radius 3 is 2.67 bits per heavy atom. The molecule has 1 aromatic heterocycles. The van der Waals surface area contributed by atoms with Gasteiger partial charge in [0.25, 0.3) is 5.91 Å². The molecule has 0 fully saturated rings. The third-order valence-corrected chi connectivity index (χ3v) is 5.65. The van der Waals surface area contributed by atoms with Gasteiger partial charge in [0.05, 0.1) is 11.0 Å². The number of hydrogen-bond acceptors (Lipinski definition) is 3. The number of primary amides is 1. The van der Waals surface area contributed by atoms with Gasteiger partial charge in [-0.25, -0.2) is 4.98 Å². The average Bonchev–Trinajstić information content (AvgIpc) is 3.40. The summed E-state index contributed by atoms with van der Waals surface area (Å²) in [6, 6.07) is 10.6. The number of rotatable bonds is 6. The molecule has 2 amide bonds. The molecule has 0 bridgehead atoms. The zero-order valence-corrected chi connectivity index (χ0v) is 17.4. The highest BCUT2D eigenvalue weighted by Gasteiger charge is 2.25. The van der Waals surface area contributed by atoms with Gasteiger partial charge < -0.3 is 15.6 Å². The fourth-order valence-corrected chi connectivity index (χ4v) is 4.10. The molecule has 4 rings (SSSR count). The van der Waals surface area contributed by atoms with Gasteiger partial charge in [0.2, 0.25) is 5.91 Å². The van der Waals surface area contributed by atoms with Crippen LogP contribution in [-0.2, 0) is 0 Å². The number of aromatic nitrogens is 2. The van der Waals surface area contributed by atoms with E-state index in [0.29, 0.717) is 34.8 Å². The molecule has 0 aliphatic carbocycles. The summed E-state index contributed by atoms with van der Waals surface area (Å²) >= 11 is 6.11. The molecule has 6 nitrogen and oxygen atoms in total. The van der Waals surface area contributed by atoms with Gasteiger partial charge in [-0.2, -0.15) is 0 Å². The predicted octanol–water partition coefficient (Wildman–Crippen LogP) is 4.26. The lowest BCUT2D eigenvalue weighted by Crippen LogP contribution is -2.28. The molecule has 0 saturated carbocycles. The van der Waals surface area contributed by atoms with Crippen LogP contribution in [-0.4, -0.2) is 39.8 Å². The zero-order chi connectivity index (χ0) is 21.3. The average molecular weight is 423 g/mol. The minimum atomic E-state index is -0.521. The summed E-state index contributed by atoms with van der Waals surface area (Å²) in [4.78, 5) is 34.9. The SMILES string of the molecule is CCC[C@H](c1nc2ccc(Cl)cc2[nH]1)c1cc(C(=O)N2CC=CC2)ccc1C(N)=O. The number of nitrogens with zero attached hydrogens (tertiary/aromatic N) is 2. The van der Waals surface area contributed by atoms with Crippen LogP contribution in [0, 0.1) is 0 Å². The molecule has 3 N–H and O–H groups in total. The molecular formula is C23H23ClN4O2. The molecule has 0 saturated heterocycles. The summed E-state index contributed by atoms with van der Waals surface area (Å²) in [5.41, 5.74) is 8.97. The number of nitrogens with two attached hydrogens (primary N) is 1. The Morgan fingerprint density at radius 1 is 1.20 bits per heavy atom. The maximum absolute atomic E-state index is 12.9. The molecule has 1 aliphatic heterocycles. The first kappa shape index (κ1) is 20.2. The van der Waals surface area contributed by atoms with E-state index in [-0.39, 0.29) is 11.8 Å². The van der Waals surface area contributed by atoms with Crippen LogP contribution in [0.4, 0.5) is 0 Å². The molecule has 2 aromatic carbocycles. The molecule has 0 radical (unpaired) electrons. The number of amides is 2. The van der Waals surface area contributed by atoms with Crippen molar-refractivity contribution in [1.29, 1.82) is 0 Å². The van der Waals surface area contributed by atoms with Gasteiger partial charge in [-0.1, -0.05) is 37.1 Å². The van der Waals surface area contributed by atoms with E-state index >= 15 is 0 Å². The minimum Gasteiger partial charge on any atom is -0.366 e. The third kappa shape index (κ3) is 3.83. The van der Waals surface area contributed by atoms with Crippen molar-refractivity contribution in [3.05, 3.63) is 76.1 Å². The fourth-order valence-electron chi connectivity index (χ4n) is 3.93. The number of imidazole rings is 1. The molecule has 0 unspecified atom stereocenters. The Hall–Kier alpha value is -3.12. The van der Waals surface area contributed by atoms with Gasteiger partial charge in [0.15, 0.2) is 0 Å². The van der Waals surface area contributed by atoms with E-state index in [0.717, 1.165) is 29.7 Å². The largest absolute Gasteiger partial charge is 0.366 e. The minimum absolute atomic E-state index is 0.0658. The predicted molar refractivity (Wildman–Crippen MR) is 118 cm³/mol. The summed E-state index contributed by atoms with van der Waals surface area (Å²) in [5, 5.41) is 0.620. The number of H-pyrrole nitrogens is 1. The highest BCUT2D eigenvalue weighted by Crippen LogP contribution is 2.33. The second kappa shape index (κ2) is 8.32. The Morgan fingerprint density at radius 2 is 1.97 bits per heavy atom. The highest BCUT2D eigenvalue weighted by atomic mass is 35.5. The molecule has 154 valence electrons. The molecule has 2 heterocycles. The number of carbonyl (C=O) groups excluding carboxylic acids is 2. The van der Waals surface area contributed by atoms with Gasteiger partial charge in [0.1, 0.15) is 5.82 Å². The number of fused-ring (bicyclic) bond motifs is 1. The van der Waals surface area contributed by atoms with Crippen LogP contribution in [0.1, 0.15) is 57.8 Å². The Labute approximate surface area is 179 Å². The van der Waals surface area contributed by atoms with Gasteiger partial charge in [-0.3, -0.25) is 9.59 Å². The third-order valence-electron chi connectivity index (χ3n) is 5.41. The quantitative estimate of drug-likeness (QED) is 0.581. The number of nitrogens with one attached hydrogen (secondary N) is 1. The van der Waals surface area contributed by atoms with Crippen LogP contribution in [0.25, 0.3) is 11.0 Å². The van der Waals surface area contributed by atoms with Crippen molar-refractivity contribution in [3.63, 3.8) is 0 Å². The van der Waals surface area contributed by atoms with Crippen LogP contribution in [0.15, 0.2) is 48.6 Å². The molecule has 0 spiro atoms. The first-order valence-corrected chi connectivity index (χ1v) is 10.4. The van der Waals surface area contributed by atoms with Crippen LogP contribution < -0.4 is 5.73 Å². The molecule has 30 heavy (non-hydrogen) atoms. The zero-order valence-electron chi connectivity index (χ0n) is 16.7. The van der Waals surface area contributed by atoms with E-state index in [2.05, 4.69) is 11.9 Å². The smallest absolute Gasteiger partial charge is 0.254 e. The van der Waals surface area contributed by atoms with Gasteiger partial charge in [-0.05, 0) is 48.4 Å². The first-order valence-electron chi connectivity index (χ1n) is 10.0. The highest BCUT2D eigenvalue weighted by molar-refractivity contribution is 6.31. The van der Waals surface area contributed by atoms with Crippen LogP contribution >= 0.6 is 11.6 Å². The lowest BCUT2D eigenvalue weighted by molar-refractivity contribution is 0.0799. The summed E-state index contributed by atoms with van der Waals surface area (Å²) in [6.07, 6.45) is 5.55. The Bertz CT molecular complexity index is 1140. The number of hydrogen-bond donors (Lipinski definition) is 2. The number of carbonyl (C=O) groups is 2. The standard InChI is InChI=1S/C23H23ClN4O2/c1-2-5-17(22-26-19-9-7-15(24)13-20(19)27-22)18-12-14(6-8-16(18)21(25)29)23(30)28-10-3-4-11-28/h3-4,6-9,12-13,17H,2,5,10-11H2,1H3,(H2,25,29)(H,26,27)/t17-/m0/s1. The molecule has 1 atom stereocenters. The van der Waals surface area contributed by atoms with E-state index < -0.39 is 5.91 Å². The molecule has 1 aliphatic rings. The summed E-state index contributed by atoms with van der Waals surface area (Å²) in [5.74, 6) is -0.0619. The maximum atomic E-state index is 12.9. The molecular weight excluding hydrogens is 400 g/mol. The lowest BCUT2D eigenvalue weighted by atomic mass is 9.88. The van der Waals surface area contributed by atoms with Crippen molar-refractivity contribution in [2.45, 2.75) is 25.7 Å². The van der Waals surface area contributed by atoms with Crippen molar-refractivity contribution in [1.82, 2.24) is 14.9 Å². The van der Waals surface area contributed by atoms with Crippen molar-refractivity contribution in [3.8, 4) is 0 Å². The first-order chi connectivity index (χ1) is 14.5. The second-order valence-corrected chi connectivity index (χ2v) is 7.91.